The average molecular weight is 284 g/mol. The Bertz CT molecular complexity index is 568. The third kappa shape index (κ3) is 1.98. The third-order valence-corrected chi connectivity index (χ3v) is 4.10. The summed E-state index contributed by atoms with van der Waals surface area (Å²) in [5, 5.41) is 5.81. The number of rotatable bonds is 1. The molecule has 3 rings (SSSR count). The molecule has 2 heterocycles. The minimum Gasteiger partial charge on any atom is -0.347 e. The van der Waals surface area contributed by atoms with Crippen molar-refractivity contribution < 1.29 is 18.0 Å². The first-order valence-corrected chi connectivity index (χ1v) is 6.67. The van der Waals surface area contributed by atoms with Gasteiger partial charge in [0.25, 0.3) is 5.91 Å². The molecular formula is C14H15F3N2O. The Labute approximate surface area is 114 Å². The zero-order chi connectivity index (χ0) is 14.5. The molecule has 0 aromatic heterocycles. The Morgan fingerprint density at radius 1 is 1.30 bits per heavy atom. The van der Waals surface area contributed by atoms with E-state index in [-0.39, 0.29) is 17.5 Å². The average Bonchev–Trinajstić information content (AvgIpc) is 2.84. The van der Waals surface area contributed by atoms with Gasteiger partial charge in [0.2, 0.25) is 0 Å². The van der Waals surface area contributed by atoms with E-state index in [9.17, 15) is 18.0 Å². The summed E-state index contributed by atoms with van der Waals surface area (Å²) in [5.74, 6) is -0.685. The normalized spacial score (nSPS) is 25.1. The van der Waals surface area contributed by atoms with Gasteiger partial charge in [0, 0.05) is 25.0 Å². The molecule has 1 amide bonds. The lowest BCUT2D eigenvalue weighted by molar-refractivity contribution is -0.138. The summed E-state index contributed by atoms with van der Waals surface area (Å²) in [6.45, 7) is 3.02. The fourth-order valence-electron chi connectivity index (χ4n) is 3.10. The van der Waals surface area contributed by atoms with Crippen LogP contribution in [0.5, 0.6) is 0 Å². The van der Waals surface area contributed by atoms with Crippen LogP contribution in [0.1, 0.15) is 39.9 Å². The number of carbonyl (C=O) groups is 1. The van der Waals surface area contributed by atoms with Crippen LogP contribution in [0, 0.1) is 0 Å². The van der Waals surface area contributed by atoms with E-state index in [0.717, 1.165) is 6.07 Å². The summed E-state index contributed by atoms with van der Waals surface area (Å²) in [4.78, 5) is 12.1. The molecule has 1 saturated heterocycles. The SMILES string of the molecule is CCc1cc2c(c(C(F)(F)F)c1)C(=O)N[C@@H]1CNC[C@@H]21. The van der Waals surface area contributed by atoms with Crippen LogP contribution in [0.25, 0.3) is 0 Å². The topological polar surface area (TPSA) is 41.1 Å². The van der Waals surface area contributed by atoms with Gasteiger partial charge in [-0.3, -0.25) is 4.79 Å². The molecule has 0 saturated carbocycles. The monoisotopic (exact) mass is 284 g/mol. The van der Waals surface area contributed by atoms with Crippen molar-refractivity contribution >= 4 is 5.91 Å². The number of fused-ring (bicyclic) bond motifs is 3. The van der Waals surface area contributed by atoms with Gasteiger partial charge in [-0.1, -0.05) is 13.0 Å². The molecule has 2 aliphatic rings. The lowest BCUT2D eigenvalue weighted by Crippen LogP contribution is -2.45. The van der Waals surface area contributed by atoms with E-state index in [2.05, 4.69) is 10.6 Å². The van der Waals surface area contributed by atoms with Crippen molar-refractivity contribution in [3.05, 3.63) is 34.4 Å². The van der Waals surface area contributed by atoms with Crippen molar-refractivity contribution in [2.45, 2.75) is 31.5 Å². The van der Waals surface area contributed by atoms with E-state index in [1.807, 2.05) is 6.92 Å². The standard InChI is InChI=1S/C14H15F3N2O/c1-2-7-3-8-9-5-18-6-11(9)19-13(20)12(8)10(4-7)14(15,16)17/h3-4,9,11,18H,2,5-6H2,1H3,(H,19,20)/t9-,11+/m0/s1. The van der Waals surface area contributed by atoms with Crippen molar-refractivity contribution in [2.24, 2.45) is 0 Å². The molecule has 2 aliphatic heterocycles. The summed E-state index contributed by atoms with van der Waals surface area (Å²) < 4.78 is 39.6. The number of benzene rings is 1. The lowest BCUT2D eigenvalue weighted by atomic mass is 9.82. The first-order valence-electron chi connectivity index (χ1n) is 6.67. The van der Waals surface area contributed by atoms with Crippen LogP contribution in [0.15, 0.2) is 12.1 Å². The number of hydrogen-bond acceptors (Lipinski definition) is 2. The van der Waals surface area contributed by atoms with Crippen LogP contribution in [-0.2, 0) is 12.6 Å². The zero-order valence-corrected chi connectivity index (χ0v) is 11.0. The number of hydrogen-bond donors (Lipinski definition) is 2. The van der Waals surface area contributed by atoms with Gasteiger partial charge in [0.1, 0.15) is 0 Å². The molecule has 108 valence electrons. The Hall–Kier alpha value is -1.56. The predicted octanol–water partition coefficient (Wildman–Crippen LogP) is 2.07. The molecule has 0 aliphatic carbocycles. The first-order chi connectivity index (χ1) is 9.41. The van der Waals surface area contributed by atoms with Gasteiger partial charge in [0.05, 0.1) is 11.1 Å². The molecule has 0 radical (unpaired) electrons. The fourth-order valence-corrected chi connectivity index (χ4v) is 3.10. The molecular weight excluding hydrogens is 269 g/mol. The van der Waals surface area contributed by atoms with Crippen molar-refractivity contribution in [2.75, 3.05) is 13.1 Å². The molecule has 1 fully saturated rings. The molecule has 1 aromatic carbocycles. The largest absolute Gasteiger partial charge is 0.417 e. The Balaban J connectivity index is 2.23. The van der Waals surface area contributed by atoms with Crippen molar-refractivity contribution in [1.82, 2.24) is 10.6 Å². The quantitative estimate of drug-likeness (QED) is 0.829. The van der Waals surface area contributed by atoms with Crippen LogP contribution in [-0.4, -0.2) is 25.0 Å². The molecule has 1 aromatic rings. The van der Waals surface area contributed by atoms with E-state index in [4.69, 9.17) is 0 Å². The zero-order valence-electron chi connectivity index (χ0n) is 11.0. The molecule has 20 heavy (non-hydrogen) atoms. The fraction of sp³-hybridized carbons (Fsp3) is 0.500. The molecule has 2 atom stereocenters. The second-order valence-electron chi connectivity index (χ2n) is 5.30. The minimum absolute atomic E-state index is 0.0738. The second kappa shape index (κ2) is 4.48. The van der Waals surface area contributed by atoms with E-state index >= 15 is 0 Å². The third-order valence-electron chi connectivity index (χ3n) is 4.10. The maximum Gasteiger partial charge on any atom is 0.417 e. The Kier molecular flexibility index (Phi) is 3.01. The van der Waals surface area contributed by atoms with Gasteiger partial charge in [0.15, 0.2) is 0 Å². The predicted molar refractivity (Wildman–Crippen MR) is 67.7 cm³/mol. The number of carbonyl (C=O) groups excluding carboxylic acids is 1. The Morgan fingerprint density at radius 3 is 2.70 bits per heavy atom. The molecule has 0 spiro atoms. The molecule has 2 N–H and O–H groups in total. The second-order valence-corrected chi connectivity index (χ2v) is 5.30. The van der Waals surface area contributed by atoms with Crippen LogP contribution in [0.4, 0.5) is 13.2 Å². The highest BCUT2D eigenvalue weighted by molar-refractivity contribution is 5.99. The highest BCUT2D eigenvalue weighted by atomic mass is 19.4. The van der Waals surface area contributed by atoms with Crippen LogP contribution < -0.4 is 10.6 Å². The minimum atomic E-state index is -4.51. The van der Waals surface area contributed by atoms with Crippen LogP contribution in [0.2, 0.25) is 0 Å². The van der Waals surface area contributed by atoms with Gasteiger partial charge < -0.3 is 10.6 Å². The summed E-state index contributed by atoms with van der Waals surface area (Å²) >= 11 is 0. The van der Waals surface area contributed by atoms with Gasteiger partial charge >= 0.3 is 6.18 Å². The van der Waals surface area contributed by atoms with Crippen molar-refractivity contribution in [1.29, 1.82) is 0 Å². The van der Waals surface area contributed by atoms with Crippen LogP contribution >= 0.6 is 0 Å². The number of aryl methyl sites for hydroxylation is 1. The summed E-state index contributed by atoms with van der Waals surface area (Å²) in [5.41, 5.74) is 0.154. The molecule has 6 heteroatoms. The smallest absolute Gasteiger partial charge is 0.347 e. The number of alkyl halides is 3. The first kappa shape index (κ1) is 13.4. The van der Waals surface area contributed by atoms with E-state index in [1.54, 1.807) is 6.07 Å². The van der Waals surface area contributed by atoms with Gasteiger partial charge in [-0.15, -0.1) is 0 Å². The molecule has 0 unspecified atom stereocenters. The summed E-state index contributed by atoms with van der Waals surface area (Å²) in [7, 11) is 0. The van der Waals surface area contributed by atoms with Crippen molar-refractivity contribution in [3.8, 4) is 0 Å². The molecule has 3 nitrogen and oxygen atoms in total. The lowest BCUT2D eigenvalue weighted by Gasteiger charge is -2.30. The van der Waals surface area contributed by atoms with Gasteiger partial charge in [-0.05, 0) is 23.6 Å². The Morgan fingerprint density at radius 2 is 2.05 bits per heavy atom. The summed E-state index contributed by atoms with van der Waals surface area (Å²) in [6, 6.07) is 2.75. The maximum atomic E-state index is 13.2. The number of nitrogens with one attached hydrogen (secondary N) is 2. The van der Waals surface area contributed by atoms with E-state index in [1.165, 1.54) is 0 Å². The van der Waals surface area contributed by atoms with E-state index < -0.39 is 17.6 Å². The van der Waals surface area contributed by atoms with E-state index in [0.29, 0.717) is 30.6 Å². The highest BCUT2D eigenvalue weighted by Gasteiger charge is 2.43. The van der Waals surface area contributed by atoms with Crippen molar-refractivity contribution in [3.63, 3.8) is 0 Å². The number of halogens is 3. The maximum absolute atomic E-state index is 13.2. The van der Waals surface area contributed by atoms with Gasteiger partial charge in [-0.25, -0.2) is 0 Å². The highest BCUT2D eigenvalue weighted by Crippen LogP contribution is 2.40. The van der Waals surface area contributed by atoms with Gasteiger partial charge in [-0.2, -0.15) is 13.2 Å². The molecule has 0 bridgehead atoms. The number of amides is 1. The summed E-state index contributed by atoms with van der Waals surface area (Å²) in [6.07, 6.45) is -3.99. The van der Waals surface area contributed by atoms with Crippen LogP contribution in [0.3, 0.4) is 0 Å².